The van der Waals surface area contributed by atoms with Gasteiger partial charge in [0.05, 0.1) is 0 Å². The second-order valence-corrected chi connectivity index (χ2v) is 7.46. The van der Waals surface area contributed by atoms with Crippen LogP contribution in [0.3, 0.4) is 0 Å². The van der Waals surface area contributed by atoms with Gasteiger partial charge in [0.25, 0.3) is 5.91 Å². The fourth-order valence-corrected chi connectivity index (χ4v) is 4.05. The number of hydrogen-bond donors (Lipinski definition) is 2. The molecule has 0 radical (unpaired) electrons. The van der Waals surface area contributed by atoms with E-state index in [1.807, 2.05) is 49.4 Å². The van der Waals surface area contributed by atoms with Crippen LogP contribution in [0.4, 0.5) is 0 Å². The quantitative estimate of drug-likeness (QED) is 0.871. The van der Waals surface area contributed by atoms with Gasteiger partial charge in [0, 0.05) is 34.7 Å². The summed E-state index contributed by atoms with van der Waals surface area (Å²) in [6.07, 6.45) is 0.512. The number of rotatable bonds is 3. The van der Waals surface area contributed by atoms with Crippen molar-refractivity contribution < 1.29 is 4.79 Å². The van der Waals surface area contributed by atoms with E-state index in [0.29, 0.717) is 11.4 Å². The van der Waals surface area contributed by atoms with Gasteiger partial charge in [-0.15, -0.1) is 0 Å². The Hall–Kier alpha value is -2.30. The van der Waals surface area contributed by atoms with Crippen LogP contribution in [-0.4, -0.2) is 23.1 Å². The van der Waals surface area contributed by atoms with E-state index >= 15 is 0 Å². The maximum Gasteiger partial charge on any atom is 0.267 e. The number of allylic oxidation sites excluding steroid dienone is 1. The normalized spacial score (nSPS) is 25.3. The molecule has 2 aromatic rings. The van der Waals surface area contributed by atoms with Crippen LogP contribution in [-0.2, 0) is 11.2 Å². The molecule has 26 heavy (non-hydrogen) atoms. The summed E-state index contributed by atoms with van der Waals surface area (Å²) in [4.78, 5) is 13.2. The molecule has 134 valence electrons. The van der Waals surface area contributed by atoms with Gasteiger partial charge in [-0.05, 0) is 37.1 Å². The third-order valence-corrected chi connectivity index (χ3v) is 5.52. The van der Waals surface area contributed by atoms with Gasteiger partial charge in [0.2, 0.25) is 0 Å². The number of halogens is 1. The predicted molar refractivity (Wildman–Crippen MR) is 103 cm³/mol. The Morgan fingerprint density at radius 1 is 1.08 bits per heavy atom. The highest BCUT2D eigenvalue weighted by Gasteiger charge is 2.46. The Labute approximate surface area is 158 Å². The maximum atomic E-state index is 13.2. The van der Waals surface area contributed by atoms with Gasteiger partial charge in [0.15, 0.2) is 0 Å². The summed E-state index contributed by atoms with van der Waals surface area (Å²) in [7, 11) is 0. The summed E-state index contributed by atoms with van der Waals surface area (Å²) in [5, 5.41) is 6.03. The summed E-state index contributed by atoms with van der Waals surface area (Å²) >= 11 is 5.97. The Bertz CT molecular complexity index is 847. The second kappa shape index (κ2) is 6.78. The Morgan fingerprint density at radius 3 is 2.46 bits per heavy atom. The molecule has 1 saturated heterocycles. The molecule has 2 heterocycles. The molecule has 4 rings (SSSR count). The van der Waals surface area contributed by atoms with Gasteiger partial charge in [-0.1, -0.05) is 54.1 Å². The van der Waals surface area contributed by atoms with Crippen molar-refractivity contribution in [3.63, 3.8) is 0 Å². The van der Waals surface area contributed by atoms with Gasteiger partial charge in [-0.25, -0.2) is 5.43 Å². The van der Waals surface area contributed by atoms with E-state index in [-0.39, 0.29) is 24.0 Å². The molecule has 0 aliphatic carbocycles. The van der Waals surface area contributed by atoms with E-state index < -0.39 is 0 Å². The molecule has 2 aromatic carbocycles. The Morgan fingerprint density at radius 2 is 1.77 bits per heavy atom. The van der Waals surface area contributed by atoms with Crippen LogP contribution in [0.5, 0.6) is 0 Å². The summed E-state index contributed by atoms with van der Waals surface area (Å²) in [6.45, 7) is 4.12. The van der Waals surface area contributed by atoms with E-state index in [2.05, 4.69) is 29.8 Å². The third-order valence-electron chi connectivity index (χ3n) is 5.27. The van der Waals surface area contributed by atoms with E-state index in [9.17, 15) is 4.79 Å². The summed E-state index contributed by atoms with van der Waals surface area (Å²) in [5.41, 5.74) is 7.41. The van der Waals surface area contributed by atoms with Crippen LogP contribution in [0.25, 0.3) is 0 Å². The lowest BCUT2D eigenvalue weighted by Gasteiger charge is -2.35. The number of amides is 1. The first kappa shape index (κ1) is 17.1. The van der Waals surface area contributed by atoms with Crippen molar-refractivity contribution in [3.05, 3.63) is 82.0 Å². The molecule has 2 aliphatic heterocycles. The van der Waals surface area contributed by atoms with Gasteiger partial charge >= 0.3 is 0 Å². The standard InChI is InChI=1S/C21H22ClN3O/c1-13-18(12-15-8-10-17(22)11-9-15)21(26)25-20(23-13)19(14(2)24-25)16-6-4-3-5-7-16/h3-11,14,19-20,23-24H,12H2,1-2H3. The number of fused-ring (bicyclic) bond motifs is 1. The van der Waals surface area contributed by atoms with Gasteiger partial charge in [-0.3, -0.25) is 9.80 Å². The van der Waals surface area contributed by atoms with Crippen LogP contribution < -0.4 is 10.7 Å². The zero-order valence-corrected chi connectivity index (χ0v) is 15.6. The first-order valence-corrected chi connectivity index (χ1v) is 9.28. The van der Waals surface area contributed by atoms with Crippen molar-refractivity contribution in [3.8, 4) is 0 Å². The molecular formula is C21H22ClN3O. The minimum Gasteiger partial charge on any atom is -0.367 e. The van der Waals surface area contributed by atoms with Crippen molar-refractivity contribution in [2.75, 3.05) is 0 Å². The van der Waals surface area contributed by atoms with Crippen molar-refractivity contribution in [1.82, 2.24) is 15.8 Å². The predicted octanol–water partition coefficient (Wildman–Crippen LogP) is 3.60. The molecule has 1 amide bonds. The van der Waals surface area contributed by atoms with Crippen LogP contribution >= 0.6 is 11.6 Å². The molecular weight excluding hydrogens is 346 g/mol. The van der Waals surface area contributed by atoms with Crippen molar-refractivity contribution in [2.24, 2.45) is 0 Å². The first-order valence-electron chi connectivity index (χ1n) is 8.90. The molecule has 0 spiro atoms. The zero-order chi connectivity index (χ0) is 18.3. The molecule has 0 bridgehead atoms. The van der Waals surface area contributed by atoms with Crippen LogP contribution in [0.2, 0.25) is 5.02 Å². The average Bonchev–Trinajstić information content (AvgIpc) is 2.97. The topological polar surface area (TPSA) is 44.4 Å². The number of carbonyl (C=O) groups is 1. The lowest BCUT2D eigenvalue weighted by Crippen LogP contribution is -2.54. The smallest absolute Gasteiger partial charge is 0.267 e. The minimum atomic E-state index is -0.0751. The number of hydrogen-bond acceptors (Lipinski definition) is 3. The molecule has 3 unspecified atom stereocenters. The van der Waals surface area contributed by atoms with Gasteiger partial charge < -0.3 is 5.32 Å². The minimum absolute atomic E-state index is 0.0477. The fourth-order valence-electron chi connectivity index (χ4n) is 3.93. The number of nitrogens with zero attached hydrogens (tertiary/aromatic N) is 1. The average molecular weight is 368 g/mol. The van der Waals surface area contributed by atoms with E-state index in [1.54, 1.807) is 5.01 Å². The SMILES string of the molecule is CC1=C(Cc2ccc(Cl)cc2)C(=O)N2NC(C)C(c3ccccc3)C2N1. The van der Waals surface area contributed by atoms with Crippen molar-refractivity contribution >= 4 is 17.5 Å². The summed E-state index contributed by atoms with van der Waals surface area (Å²) < 4.78 is 0. The van der Waals surface area contributed by atoms with E-state index in [4.69, 9.17) is 11.6 Å². The highest BCUT2D eigenvalue weighted by atomic mass is 35.5. The highest BCUT2D eigenvalue weighted by molar-refractivity contribution is 6.30. The second-order valence-electron chi connectivity index (χ2n) is 7.03. The zero-order valence-electron chi connectivity index (χ0n) is 14.9. The monoisotopic (exact) mass is 367 g/mol. The van der Waals surface area contributed by atoms with Gasteiger partial charge in [-0.2, -0.15) is 0 Å². The van der Waals surface area contributed by atoms with Crippen molar-refractivity contribution in [2.45, 2.75) is 38.4 Å². The van der Waals surface area contributed by atoms with E-state index in [1.165, 1.54) is 5.56 Å². The third kappa shape index (κ3) is 3.00. The number of carbonyl (C=O) groups excluding carboxylic acids is 1. The molecule has 0 saturated carbocycles. The fraction of sp³-hybridized carbons (Fsp3) is 0.286. The van der Waals surface area contributed by atoms with Crippen molar-refractivity contribution in [1.29, 1.82) is 0 Å². The lowest BCUT2D eigenvalue weighted by atomic mass is 9.90. The van der Waals surface area contributed by atoms with Crippen LogP contribution in [0.15, 0.2) is 65.9 Å². The summed E-state index contributed by atoms with van der Waals surface area (Å²) in [5.74, 6) is 0.249. The lowest BCUT2D eigenvalue weighted by molar-refractivity contribution is -0.132. The van der Waals surface area contributed by atoms with Crippen LogP contribution in [0, 0.1) is 0 Å². The Balaban J connectivity index is 1.62. The van der Waals surface area contributed by atoms with E-state index in [0.717, 1.165) is 16.8 Å². The molecule has 2 N–H and O–H groups in total. The highest BCUT2D eigenvalue weighted by Crippen LogP contribution is 2.35. The molecule has 3 atom stereocenters. The number of benzene rings is 2. The largest absolute Gasteiger partial charge is 0.367 e. The number of nitrogens with one attached hydrogen (secondary N) is 2. The number of hydrazine groups is 1. The Kier molecular flexibility index (Phi) is 4.47. The summed E-state index contributed by atoms with van der Waals surface area (Å²) in [6, 6.07) is 18.2. The molecule has 1 fully saturated rings. The molecule has 5 heteroatoms. The first-order chi connectivity index (χ1) is 12.5. The molecule has 2 aliphatic rings. The van der Waals surface area contributed by atoms with Crippen LogP contribution in [0.1, 0.15) is 30.9 Å². The molecule has 4 nitrogen and oxygen atoms in total. The van der Waals surface area contributed by atoms with Gasteiger partial charge in [0.1, 0.15) is 6.17 Å². The molecule has 0 aromatic heterocycles. The maximum absolute atomic E-state index is 13.2.